The van der Waals surface area contributed by atoms with Gasteiger partial charge < -0.3 is 19.5 Å². The molecule has 7 nitrogen and oxygen atoms in total. The minimum atomic E-state index is -0.735. The monoisotopic (exact) mass is 462 g/mol. The van der Waals surface area contributed by atoms with E-state index in [0.717, 1.165) is 25.6 Å². The number of allylic oxidation sites excluding steroid dienone is 1. The SMILES string of the molecule is C=NC(=Nc1c(F)cc(C#N)cc1Cl)/C(OC)=C(/OC1C2CNCC1COC2)C(C)CC. The Morgan fingerprint density at radius 3 is 2.62 bits per heavy atom. The van der Waals surface area contributed by atoms with E-state index >= 15 is 0 Å². The molecule has 0 radical (unpaired) electrons. The summed E-state index contributed by atoms with van der Waals surface area (Å²) in [7, 11) is 1.49. The van der Waals surface area contributed by atoms with E-state index in [1.54, 1.807) is 0 Å². The molecule has 172 valence electrons. The zero-order chi connectivity index (χ0) is 23.3. The molecular weight excluding hydrogens is 435 g/mol. The summed E-state index contributed by atoms with van der Waals surface area (Å²) in [5.41, 5.74) is -0.0383. The molecule has 3 atom stereocenters. The number of piperidine rings is 1. The van der Waals surface area contributed by atoms with Gasteiger partial charge in [0.1, 0.15) is 17.6 Å². The Bertz CT molecular complexity index is 914. The third kappa shape index (κ3) is 5.12. The second-order valence-electron chi connectivity index (χ2n) is 8.00. The number of amidine groups is 1. The molecule has 2 bridgehead atoms. The van der Waals surface area contributed by atoms with Crippen molar-refractivity contribution in [3.8, 4) is 6.07 Å². The normalized spacial score (nSPS) is 24.8. The molecule has 2 aliphatic rings. The number of hydrogen-bond acceptors (Lipinski definition) is 6. The lowest BCUT2D eigenvalue weighted by atomic mass is 9.85. The summed E-state index contributed by atoms with van der Waals surface area (Å²) < 4.78 is 32.6. The number of nitrogens with zero attached hydrogens (tertiary/aromatic N) is 3. The van der Waals surface area contributed by atoms with Crippen molar-refractivity contribution in [3.05, 3.63) is 40.1 Å². The van der Waals surface area contributed by atoms with Crippen molar-refractivity contribution in [1.82, 2.24) is 5.32 Å². The van der Waals surface area contributed by atoms with E-state index in [9.17, 15) is 4.39 Å². The Morgan fingerprint density at radius 1 is 1.41 bits per heavy atom. The highest BCUT2D eigenvalue weighted by Crippen LogP contribution is 2.34. The first-order valence-corrected chi connectivity index (χ1v) is 11.0. The van der Waals surface area contributed by atoms with Crippen LogP contribution < -0.4 is 5.32 Å². The lowest BCUT2D eigenvalue weighted by molar-refractivity contribution is -0.111. The van der Waals surface area contributed by atoms with Crippen LogP contribution in [0.1, 0.15) is 25.8 Å². The molecule has 0 saturated carbocycles. The quantitative estimate of drug-likeness (QED) is 0.372. The third-order valence-electron chi connectivity index (χ3n) is 5.87. The van der Waals surface area contributed by atoms with Gasteiger partial charge in [0.05, 0.1) is 37.0 Å². The number of nitriles is 1. The summed E-state index contributed by atoms with van der Waals surface area (Å²) in [5.74, 6) is 0.617. The minimum absolute atomic E-state index is 0.00489. The second-order valence-corrected chi connectivity index (χ2v) is 8.41. The molecule has 2 aliphatic heterocycles. The average Bonchev–Trinajstić information content (AvgIpc) is 2.78. The van der Waals surface area contributed by atoms with Crippen LogP contribution in [0.5, 0.6) is 0 Å². The maximum absolute atomic E-state index is 14.6. The summed E-state index contributed by atoms with van der Waals surface area (Å²) in [6, 6.07) is 4.29. The van der Waals surface area contributed by atoms with Crippen molar-refractivity contribution in [2.45, 2.75) is 26.4 Å². The number of methoxy groups -OCH3 is 1. The minimum Gasteiger partial charge on any atom is -0.490 e. The van der Waals surface area contributed by atoms with Crippen molar-refractivity contribution < 1.29 is 18.6 Å². The first kappa shape index (κ1) is 24.2. The van der Waals surface area contributed by atoms with Gasteiger partial charge in [0.2, 0.25) is 5.76 Å². The van der Waals surface area contributed by atoms with Gasteiger partial charge in [-0.1, -0.05) is 25.4 Å². The van der Waals surface area contributed by atoms with E-state index in [1.165, 1.54) is 13.2 Å². The van der Waals surface area contributed by atoms with Crippen molar-refractivity contribution in [2.24, 2.45) is 27.7 Å². The highest BCUT2D eigenvalue weighted by atomic mass is 35.5. The van der Waals surface area contributed by atoms with E-state index in [-0.39, 0.29) is 51.7 Å². The Hall–Kier alpha value is -2.47. The first-order valence-electron chi connectivity index (χ1n) is 10.6. The standard InChI is InChI=1S/C23H28ClFN4O3/c1-5-13(2)20(32-21-15-9-28-10-16(21)12-31-11-15)22(30-4)23(27-3)29-19-17(24)6-14(8-26)7-18(19)25/h6-7,13,15-16,21,28H,3,5,9-12H2,1-2,4H3/b22-20-,29-23?. The molecule has 0 aromatic heterocycles. The lowest BCUT2D eigenvalue weighted by Crippen LogP contribution is -2.54. The maximum atomic E-state index is 14.6. The van der Waals surface area contributed by atoms with Gasteiger partial charge in [0.25, 0.3) is 0 Å². The second kappa shape index (κ2) is 10.9. The van der Waals surface area contributed by atoms with Crippen LogP contribution in [0.15, 0.2) is 33.6 Å². The Kier molecular flexibility index (Phi) is 8.24. The third-order valence-corrected chi connectivity index (χ3v) is 6.16. The van der Waals surface area contributed by atoms with E-state index in [1.807, 2.05) is 19.9 Å². The van der Waals surface area contributed by atoms with Crippen molar-refractivity contribution >= 4 is 29.8 Å². The number of halogens is 2. The topological polar surface area (TPSA) is 88.2 Å². The zero-order valence-electron chi connectivity index (χ0n) is 18.5. The van der Waals surface area contributed by atoms with Crippen LogP contribution in [-0.4, -0.2) is 52.1 Å². The van der Waals surface area contributed by atoms with Gasteiger partial charge in [-0.3, -0.25) is 0 Å². The highest BCUT2D eigenvalue weighted by molar-refractivity contribution is 6.33. The van der Waals surface area contributed by atoms with E-state index in [4.69, 9.17) is 31.1 Å². The smallest absolute Gasteiger partial charge is 0.201 e. The molecule has 2 heterocycles. The molecule has 3 unspecified atom stereocenters. The molecule has 0 aliphatic carbocycles. The van der Waals surface area contributed by atoms with Gasteiger partial charge in [-0.05, 0) is 25.3 Å². The number of aliphatic imine (C=N–C) groups is 2. The van der Waals surface area contributed by atoms with Gasteiger partial charge >= 0.3 is 0 Å². The number of ether oxygens (including phenoxy) is 3. The van der Waals surface area contributed by atoms with Gasteiger partial charge in [0, 0.05) is 30.8 Å². The van der Waals surface area contributed by atoms with Crippen LogP contribution >= 0.6 is 11.6 Å². The molecule has 0 amide bonds. The fourth-order valence-electron chi connectivity index (χ4n) is 3.97. The van der Waals surface area contributed by atoms with Gasteiger partial charge in [-0.25, -0.2) is 14.4 Å². The lowest BCUT2D eigenvalue weighted by Gasteiger charge is -2.43. The summed E-state index contributed by atoms with van der Waals surface area (Å²) in [6.07, 6.45) is 0.746. The van der Waals surface area contributed by atoms with Gasteiger partial charge in [0.15, 0.2) is 11.7 Å². The van der Waals surface area contributed by atoms with Crippen LogP contribution in [0.2, 0.25) is 5.02 Å². The van der Waals surface area contributed by atoms with Crippen molar-refractivity contribution in [2.75, 3.05) is 33.4 Å². The fourth-order valence-corrected chi connectivity index (χ4v) is 4.22. The predicted octanol–water partition coefficient (Wildman–Crippen LogP) is 4.24. The molecule has 0 spiro atoms. The predicted molar refractivity (Wildman–Crippen MR) is 122 cm³/mol. The van der Waals surface area contributed by atoms with E-state index in [0.29, 0.717) is 19.0 Å². The number of benzene rings is 1. The molecular formula is C23H28ClFN4O3. The zero-order valence-corrected chi connectivity index (χ0v) is 19.3. The first-order chi connectivity index (χ1) is 15.4. The fraction of sp³-hybridized carbons (Fsp3) is 0.522. The summed E-state index contributed by atoms with van der Waals surface area (Å²) >= 11 is 6.18. The number of rotatable bonds is 7. The summed E-state index contributed by atoms with van der Waals surface area (Å²) in [6.45, 7) is 10.5. The molecule has 2 saturated heterocycles. The van der Waals surface area contributed by atoms with E-state index in [2.05, 4.69) is 22.0 Å². The van der Waals surface area contributed by atoms with Crippen LogP contribution in [-0.2, 0) is 14.2 Å². The van der Waals surface area contributed by atoms with Gasteiger partial charge in [-0.2, -0.15) is 5.26 Å². The molecule has 3 rings (SSSR count). The van der Waals surface area contributed by atoms with Crippen molar-refractivity contribution in [3.63, 3.8) is 0 Å². The average molecular weight is 463 g/mol. The molecule has 9 heteroatoms. The molecule has 1 aromatic carbocycles. The van der Waals surface area contributed by atoms with Crippen LogP contribution in [0.4, 0.5) is 10.1 Å². The van der Waals surface area contributed by atoms with Gasteiger partial charge in [-0.15, -0.1) is 0 Å². The Labute approximate surface area is 192 Å². The summed E-state index contributed by atoms with van der Waals surface area (Å²) in [5, 5.41) is 12.4. The Morgan fingerprint density at radius 2 is 2.09 bits per heavy atom. The largest absolute Gasteiger partial charge is 0.490 e. The highest BCUT2D eigenvalue weighted by Gasteiger charge is 2.40. The van der Waals surface area contributed by atoms with E-state index < -0.39 is 5.82 Å². The Balaban J connectivity index is 2.06. The number of nitrogens with one attached hydrogen (secondary N) is 1. The number of hydrogen-bond donors (Lipinski definition) is 1. The van der Waals surface area contributed by atoms with Crippen molar-refractivity contribution in [1.29, 1.82) is 5.26 Å². The molecule has 1 aromatic rings. The van der Waals surface area contributed by atoms with Crippen LogP contribution in [0, 0.1) is 34.9 Å². The van der Waals surface area contributed by atoms with Crippen LogP contribution in [0.25, 0.3) is 0 Å². The molecule has 2 fully saturated rings. The number of fused-ring (bicyclic) bond motifs is 2. The van der Waals surface area contributed by atoms with Crippen LogP contribution in [0.3, 0.4) is 0 Å². The molecule has 1 N–H and O–H groups in total. The summed E-state index contributed by atoms with van der Waals surface area (Å²) in [4.78, 5) is 8.29. The maximum Gasteiger partial charge on any atom is 0.201 e. The molecule has 32 heavy (non-hydrogen) atoms.